The van der Waals surface area contributed by atoms with Gasteiger partial charge in [0.05, 0.1) is 12.1 Å². The molecule has 1 aromatic heterocycles. The first kappa shape index (κ1) is 14.2. The van der Waals surface area contributed by atoms with Gasteiger partial charge >= 0.3 is 0 Å². The van der Waals surface area contributed by atoms with Gasteiger partial charge in [0.25, 0.3) is 0 Å². The summed E-state index contributed by atoms with van der Waals surface area (Å²) in [6.07, 6.45) is 1.41. The molecule has 2 rings (SSSR count). The Kier molecular flexibility index (Phi) is 4.69. The largest absolute Gasteiger partial charge is 0.497 e. The van der Waals surface area contributed by atoms with Crippen LogP contribution in [0, 0.1) is 0 Å². The highest BCUT2D eigenvalue weighted by molar-refractivity contribution is 8.14. The Morgan fingerprint density at radius 1 is 1.26 bits per heavy atom. The van der Waals surface area contributed by atoms with Gasteiger partial charge in [-0.2, -0.15) is 0 Å². The molecule has 2 aromatic rings. The SMILES string of the molecule is COc1ccc(SC(=O)c2cnc(Cl)c(Cl)c2)cc1. The maximum atomic E-state index is 12.0. The molecule has 0 unspecified atom stereocenters. The van der Waals surface area contributed by atoms with E-state index in [1.54, 1.807) is 19.2 Å². The standard InChI is InChI=1S/C13H9Cl2NO2S/c1-18-9-2-4-10(5-3-9)19-13(17)8-6-11(14)12(15)16-7-8/h2-7H,1H3. The Morgan fingerprint density at radius 2 is 1.95 bits per heavy atom. The molecule has 19 heavy (non-hydrogen) atoms. The summed E-state index contributed by atoms with van der Waals surface area (Å²) < 4.78 is 5.05. The zero-order valence-electron chi connectivity index (χ0n) is 9.89. The van der Waals surface area contributed by atoms with E-state index in [4.69, 9.17) is 27.9 Å². The van der Waals surface area contributed by atoms with E-state index in [0.717, 1.165) is 22.4 Å². The fraction of sp³-hybridized carbons (Fsp3) is 0.0769. The van der Waals surface area contributed by atoms with E-state index in [9.17, 15) is 4.79 Å². The van der Waals surface area contributed by atoms with Crippen LogP contribution in [0.4, 0.5) is 0 Å². The topological polar surface area (TPSA) is 39.2 Å². The van der Waals surface area contributed by atoms with Gasteiger partial charge in [-0.3, -0.25) is 4.79 Å². The van der Waals surface area contributed by atoms with E-state index in [0.29, 0.717) is 5.56 Å². The third kappa shape index (κ3) is 3.62. The fourth-order valence-corrected chi connectivity index (χ4v) is 2.33. The Balaban J connectivity index is 2.13. The van der Waals surface area contributed by atoms with Crippen LogP contribution in [0.1, 0.15) is 10.4 Å². The van der Waals surface area contributed by atoms with Gasteiger partial charge in [0, 0.05) is 16.7 Å². The van der Waals surface area contributed by atoms with Crippen LogP contribution < -0.4 is 4.74 Å². The van der Waals surface area contributed by atoms with E-state index >= 15 is 0 Å². The average molecular weight is 314 g/mol. The molecule has 1 aromatic carbocycles. The Morgan fingerprint density at radius 3 is 2.53 bits per heavy atom. The minimum atomic E-state index is -0.142. The predicted octanol–water partition coefficient (Wildman–Crippen LogP) is 4.33. The Labute approximate surface area is 124 Å². The van der Waals surface area contributed by atoms with Crippen LogP contribution >= 0.6 is 35.0 Å². The lowest BCUT2D eigenvalue weighted by Gasteiger charge is -2.03. The van der Waals surface area contributed by atoms with Crippen LogP contribution in [0.2, 0.25) is 10.2 Å². The lowest BCUT2D eigenvalue weighted by Crippen LogP contribution is -1.95. The van der Waals surface area contributed by atoms with Crippen molar-refractivity contribution in [3.63, 3.8) is 0 Å². The molecule has 0 fully saturated rings. The number of aromatic nitrogens is 1. The highest BCUT2D eigenvalue weighted by atomic mass is 35.5. The summed E-state index contributed by atoms with van der Waals surface area (Å²) >= 11 is 12.6. The molecule has 6 heteroatoms. The highest BCUT2D eigenvalue weighted by Gasteiger charge is 2.11. The number of carbonyl (C=O) groups is 1. The third-order valence-corrected chi connectivity index (χ3v) is 3.92. The number of halogens is 2. The minimum Gasteiger partial charge on any atom is -0.497 e. The van der Waals surface area contributed by atoms with Gasteiger partial charge < -0.3 is 4.74 Å². The molecule has 0 spiro atoms. The highest BCUT2D eigenvalue weighted by Crippen LogP contribution is 2.27. The summed E-state index contributed by atoms with van der Waals surface area (Å²) in [7, 11) is 1.59. The molecule has 0 bridgehead atoms. The quantitative estimate of drug-likeness (QED) is 0.624. The number of rotatable bonds is 3. The van der Waals surface area contributed by atoms with E-state index in [-0.39, 0.29) is 15.3 Å². The molecule has 0 aliphatic rings. The number of nitrogens with zero attached hydrogens (tertiary/aromatic N) is 1. The van der Waals surface area contributed by atoms with Crippen LogP contribution in [0.15, 0.2) is 41.4 Å². The van der Waals surface area contributed by atoms with Crippen LogP contribution in [0.25, 0.3) is 0 Å². The predicted molar refractivity (Wildman–Crippen MR) is 77.4 cm³/mol. The summed E-state index contributed by atoms with van der Waals surface area (Å²) in [5, 5.41) is 0.312. The molecule has 0 amide bonds. The van der Waals surface area contributed by atoms with Crippen molar-refractivity contribution in [3.05, 3.63) is 52.3 Å². The normalized spacial score (nSPS) is 10.3. The van der Waals surface area contributed by atoms with Crippen LogP contribution in [0.5, 0.6) is 5.75 Å². The number of benzene rings is 1. The average Bonchev–Trinajstić information content (AvgIpc) is 2.42. The van der Waals surface area contributed by atoms with Crippen LogP contribution in [0.3, 0.4) is 0 Å². The molecule has 1 heterocycles. The third-order valence-electron chi connectivity index (χ3n) is 2.30. The van der Waals surface area contributed by atoms with E-state index in [2.05, 4.69) is 4.98 Å². The van der Waals surface area contributed by atoms with Crippen molar-refractivity contribution in [2.45, 2.75) is 4.90 Å². The number of thioether (sulfide) groups is 1. The number of carbonyl (C=O) groups excluding carboxylic acids is 1. The first-order valence-corrected chi connectivity index (χ1v) is 6.84. The first-order valence-electron chi connectivity index (χ1n) is 5.27. The van der Waals surface area contributed by atoms with Crippen LogP contribution in [-0.4, -0.2) is 17.2 Å². The molecule has 0 atom stereocenters. The van der Waals surface area contributed by atoms with Gasteiger partial charge in [0.1, 0.15) is 10.9 Å². The second-order valence-corrected chi connectivity index (χ2v) is 5.37. The second kappa shape index (κ2) is 6.28. The van der Waals surface area contributed by atoms with E-state index < -0.39 is 0 Å². The molecule has 0 radical (unpaired) electrons. The number of methoxy groups -OCH3 is 1. The molecule has 0 saturated carbocycles. The van der Waals surface area contributed by atoms with Crippen molar-refractivity contribution in [1.82, 2.24) is 4.98 Å². The number of pyridine rings is 1. The van der Waals surface area contributed by atoms with Gasteiger partial charge in [-0.05, 0) is 42.1 Å². The molecule has 0 aliphatic carbocycles. The molecular weight excluding hydrogens is 305 g/mol. The summed E-state index contributed by atoms with van der Waals surface area (Å²) in [6, 6.07) is 8.72. The summed E-state index contributed by atoms with van der Waals surface area (Å²) in [5.41, 5.74) is 0.412. The molecule has 0 aliphatic heterocycles. The zero-order chi connectivity index (χ0) is 13.8. The molecule has 3 nitrogen and oxygen atoms in total. The van der Waals surface area contributed by atoms with Crippen molar-refractivity contribution >= 4 is 40.1 Å². The number of hydrogen-bond donors (Lipinski definition) is 0. The zero-order valence-corrected chi connectivity index (χ0v) is 12.2. The molecular formula is C13H9Cl2NO2S. The van der Waals surface area contributed by atoms with Gasteiger partial charge in [0.15, 0.2) is 0 Å². The van der Waals surface area contributed by atoms with Gasteiger partial charge in [-0.1, -0.05) is 23.2 Å². The monoisotopic (exact) mass is 313 g/mol. The van der Waals surface area contributed by atoms with Crippen molar-refractivity contribution in [2.24, 2.45) is 0 Å². The lowest BCUT2D eigenvalue weighted by atomic mass is 10.3. The number of ether oxygens (including phenoxy) is 1. The summed E-state index contributed by atoms with van der Waals surface area (Å²) in [4.78, 5) is 16.7. The lowest BCUT2D eigenvalue weighted by molar-refractivity contribution is 0.108. The smallest absolute Gasteiger partial charge is 0.225 e. The molecule has 98 valence electrons. The Bertz CT molecular complexity index is 602. The summed E-state index contributed by atoms with van der Waals surface area (Å²) in [6.45, 7) is 0. The Hall–Kier alpha value is -1.23. The molecule has 0 N–H and O–H groups in total. The number of hydrogen-bond acceptors (Lipinski definition) is 4. The minimum absolute atomic E-state index is 0.142. The van der Waals surface area contributed by atoms with E-state index in [1.165, 1.54) is 12.3 Å². The summed E-state index contributed by atoms with van der Waals surface area (Å²) in [5.74, 6) is 0.744. The van der Waals surface area contributed by atoms with Crippen LogP contribution in [-0.2, 0) is 0 Å². The maximum Gasteiger partial charge on any atom is 0.225 e. The maximum absolute atomic E-state index is 12.0. The van der Waals surface area contributed by atoms with Gasteiger partial charge in [0.2, 0.25) is 5.12 Å². The van der Waals surface area contributed by atoms with E-state index in [1.807, 2.05) is 12.1 Å². The van der Waals surface area contributed by atoms with Crippen molar-refractivity contribution in [2.75, 3.05) is 7.11 Å². The van der Waals surface area contributed by atoms with Crippen molar-refractivity contribution < 1.29 is 9.53 Å². The fourth-order valence-electron chi connectivity index (χ4n) is 1.34. The first-order chi connectivity index (χ1) is 9.10. The second-order valence-electron chi connectivity index (χ2n) is 3.56. The van der Waals surface area contributed by atoms with Crippen molar-refractivity contribution in [3.8, 4) is 5.75 Å². The van der Waals surface area contributed by atoms with Gasteiger partial charge in [-0.25, -0.2) is 4.98 Å². The van der Waals surface area contributed by atoms with Crippen molar-refractivity contribution in [1.29, 1.82) is 0 Å². The van der Waals surface area contributed by atoms with Gasteiger partial charge in [-0.15, -0.1) is 0 Å². The molecule has 0 saturated heterocycles.